The molecule has 28 heteroatoms. The number of hydrogen-bond donors (Lipinski definition) is 4. The molecular weight excluding hydrogens is 1220 g/mol. The van der Waals surface area contributed by atoms with Crippen molar-refractivity contribution in [1.82, 2.24) is 39.4 Å². The van der Waals surface area contributed by atoms with Crippen LogP contribution >= 0.6 is 30.5 Å². The molecule has 0 bridgehead atoms. The first-order chi connectivity index (χ1) is 39.3. The normalized spacial score (nSPS) is 15.7. The van der Waals surface area contributed by atoms with E-state index in [2.05, 4.69) is 49.8 Å². The van der Waals surface area contributed by atoms with E-state index in [9.17, 15) is 47.3 Å². The number of aromatic nitrogens is 2. The summed E-state index contributed by atoms with van der Waals surface area (Å²) in [6.07, 6.45) is 1.72. The van der Waals surface area contributed by atoms with Gasteiger partial charge in [-0.25, -0.2) is 18.4 Å². The number of pyridine rings is 2. The summed E-state index contributed by atoms with van der Waals surface area (Å²) in [4.78, 5) is 89.7. The minimum absolute atomic E-state index is 0. The van der Waals surface area contributed by atoms with Crippen molar-refractivity contribution in [1.29, 1.82) is 0 Å². The Morgan fingerprint density at radius 1 is 0.619 bits per heavy atom. The fourth-order valence-electron chi connectivity index (χ4n) is 9.75. The number of carbonyl (C=O) groups is 4. The van der Waals surface area contributed by atoms with Crippen LogP contribution in [0, 0.1) is 11.6 Å². The molecule has 0 aliphatic carbocycles. The summed E-state index contributed by atoms with van der Waals surface area (Å²) in [6, 6.07) is 18.2. The summed E-state index contributed by atoms with van der Waals surface area (Å²) in [6.45, 7) is 10.5. The van der Waals surface area contributed by atoms with Crippen molar-refractivity contribution in [3.05, 3.63) is 130 Å². The van der Waals surface area contributed by atoms with E-state index in [4.69, 9.17) is 28.3 Å². The molecule has 22 nitrogen and oxygen atoms in total. The fourth-order valence-corrected chi connectivity index (χ4v) is 11.3. The van der Waals surface area contributed by atoms with Crippen molar-refractivity contribution in [2.45, 2.75) is 53.2 Å². The van der Waals surface area contributed by atoms with Gasteiger partial charge in [0.2, 0.25) is 0 Å². The lowest BCUT2D eigenvalue weighted by atomic mass is 10.0. The molecule has 6 aromatic rings. The zero-order valence-corrected chi connectivity index (χ0v) is 50.7. The lowest BCUT2D eigenvalue weighted by Crippen LogP contribution is -2.50. The highest BCUT2D eigenvalue weighted by Gasteiger charge is 2.39. The molecule has 0 spiro atoms. The molecule has 0 atom stereocenters. The number of halogens is 3. The van der Waals surface area contributed by atoms with Crippen LogP contribution < -0.4 is 9.47 Å². The molecule has 0 unspecified atom stereocenters. The molecule has 4 N–H and O–H groups in total. The Morgan fingerprint density at radius 2 is 0.976 bits per heavy atom. The van der Waals surface area contributed by atoms with Crippen LogP contribution in [-0.2, 0) is 44.4 Å². The molecule has 4 amide bonds. The second-order valence-corrected chi connectivity index (χ2v) is 36.4. The minimum Gasteiger partial charge on any atom is -0.505 e. The van der Waals surface area contributed by atoms with Gasteiger partial charge in [0.25, 0.3) is 11.8 Å². The molecule has 4 aliphatic heterocycles. The van der Waals surface area contributed by atoms with E-state index < -0.39 is 51.7 Å². The van der Waals surface area contributed by atoms with E-state index in [-0.39, 0.29) is 103 Å². The molecular formula is C56H69BrF2N8O14P2Si. The number of phenolic OH excluding ortho intramolecular Hbond substituents is 2. The van der Waals surface area contributed by atoms with Crippen molar-refractivity contribution in [3.8, 4) is 23.0 Å². The van der Waals surface area contributed by atoms with E-state index in [0.717, 1.165) is 0 Å². The van der Waals surface area contributed by atoms with E-state index in [1.165, 1.54) is 65.6 Å². The van der Waals surface area contributed by atoms with Crippen molar-refractivity contribution >= 4 is 83.0 Å². The van der Waals surface area contributed by atoms with Gasteiger partial charge in [-0.1, -0.05) is 51.3 Å². The Labute approximate surface area is 494 Å². The highest BCUT2D eigenvalue weighted by Crippen LogP contribution is 2.47. The van der Waals surface area contributed by atoms with Gasteiger partial charge in [-0.2, -0.15) is 0 Å². The third kappa shape index (κ3) is 16.1. The maximum Gasteiger partial charge on any atom is 0.415 e. The van der Waals surface area contributed by atoms with Crippen molar-refractivity contribution in [2.24, 2.45) is 0 Å². The summed E-state index contributed by atoms with van der Waals surface area (Å²) in [5.41, 5.74) is 2.53. The van der Waals surface area contributed by atoms with Gasteiger partial charge in [0.1, 0.15) is 40.9 Å². The molecule has 4 aliphatic rings. The summed E-state index contributed by atoms with van der Waals surface area (Å²) in [5.74, 6) is -1.89. The van der Waals surface area contributed by atoms with Crippen molar-refractivity contribution in [2.75, 3.05) is 92.0 Å². The van der Waals surface area contributed by atoms with E-state index in [1.807, 2.05) is 4.90 Å². The molecule has 84 heavy (non-hydrogen) atoms. The van der Waals surface area contributed by atoms with Crippen LogP contribution in [0.3, 0.4) is 0 Å². The first-order valence-corrected chi connectivity index (χ1v) is 35.8. The van der Waals surface area contributed by atoms with Crippen LogP contribution in [0.5, 0.6) is 23.0 Å². The van der Waals surface area contributed by atoms with Gasteiger partial charge in [-0.05, 0) is 59.7 Å². The Kier molecular flexibility index (Phi) is 21.5. The molecule has 2 saturated heterocycles. The third-order valence-electron chi connectivity index (χ3n) is 14.0. The molecule has 0 saturated carbocycles. The number of ether oxygens (including phenoxy) is 2. The highest BCUT2D eigenvalue weighted by atomic mass is 79.9. The molecule has 2 aromatic heterocycles. The number of fused-ring (bicyclic) bond motifs is 4. The minimum atomic E-state index is -4.10. The summed E-state index contributed by atoms with van der Waals surface area (Å²) >= 11 is 3.51. The molecule has 2 fully saturated rings. The highest BCUT2D eigenvalue weighted by molar-refractivity contribution is 9.26. The second-order valence-electron chi connectivity index (χ2n) is 21.0. The van der Waals surface area contributed by atoms with Gasteiger partial charge in [-0.3, -0.25) is 38.5 Å². The average molecular weight is 1290 g/mol. The molecule has 6 heterocycles. The molecule has 452 valence electrons. The smallest absolute Gasteiger partial charge is 0.415 e. The van der Waals surface area contributed by atoms with Crippen LogP contribution in [0.1, 0.15) is 50.4 Å². The lowest BCUT2D eigenvalue weighted by Gasteiger charge is -2.34. The van der Waals surface area contributed by atoms with Gasteiger partial charge in [0.15, 0.2) is 11.5 Å². The maximum atomic E-state index is 13.4. The topological polar surface area (TPSA) is 265 Å². The summed E-state index contributed by atoms with van der Waals surface area (Å²) in [5, 5.41) is 22.7. The molecule has 10 rings (SSSR count). The van der Waals surface area contributed by atoms with E-state index >= 15 is 0 Å². The number of rotatable bonds is 14. The predicted octanol–water partition coefficient (Wildman–Crippen LogP) is 9.22. The maximum absolute atomic E-state index is 13.4. The van der Waals surface area contributed by atoms with E-state index in [0.29, 0.717) is 91.9 Å². The Morgan fingerprint density at radius 3 is 1.32 bits per heavy atom. The van der Waals surface area contributed by atoms with E-state index in [1.54, 1.807) is 53.4 Å². The SMILES string of the molecule is C.COP(=O)(CCN1CCN(C(=O)Oc2c3c(c(O)c4ncccc24)C(=O)N(Cc2ccc(F)cc2)C3)CC1)OC.C[Si](C)(C)Br.O=C(Oc1c2c(c(O)c3ncccc13)C(=O)N(Cc1ccc(F)cc1)C2)N1CCN(CCP(=O)(O)O)CC1. The first-order valence-electron chi connectivity index (χ1n) is 26.5. The zero-order chi connectivity index (χ0) is 60.0. The number of hydrogen-bond acceptors (Lipinski definition) is 16. The number of amides is 4. The predicted molar refractivity (Wildman–Crippen MR) is 317 cm³/mol. The number of aromatic hydroxyl groups is 2. The third-order valence-corrected chi connectivity index (χ3v) is 16.7. The number of nitrogens with zero attached hydrogens (tertiary/aromatic N) is 8. The molecule has 4 aromatic carbocycles. The average Bonchev–Trinajstić information content (AvgIpc) is 1.85. The second kappa shape index (κ2) is 27.7. The monoisotopic (exact) mass is 1280 g/mol. The standard InChI is InChI=1S/C27H30FN4O7P.C25H26FN4O7P.C3H9BrSi.CH4/c1-37-40(36,38-2)15-14-30-10-12-31(13-11-30)27(35)39-25-20-4-3-9-29-23(20)24(33)22-21(25)17-32(26(22)34)16-18-5-7-19(28)8-6-18;26-17-5-3-16(4-6-17)14-30-15-19-20(24(30)32)22(31)21-18(2-1-7-27-21)23(19)37-25(33)29-10-8-28(9-11-29)12-13-38(34,35)36;1-5(2,3)4;/h3-9,33H,10-17H2,1-2H3;1-7,31H,8-15H2,(H2,34,35,36);1-3H3;1H4. The summed E-state index contributed by atoms with van der Waals surface area (Å²) < 4.78 is 71.9. The van der Waals surface area contributed by atoms with Crippen LogP contribution in [-0.4, -0.2) is 182 Å². The first kappa shape index (κ1) is 65.1. The van der Waals surface area contributed by atoms with Crippen LogP contribution in [0.15, 0.2) is 85.2 Å². The van der Waals surface area contributed by atoms with Gasteiger partial charge in [-0.15, -0.1) is 15.3 Å². The fraction of sp³-hybridized carbons (Fsp3) is 0.393. The van der Waals surface area contributed by atoms with Crippen molar-refractivity contribution in [3.63, 3.8) is 0 Å². The largest absolute Gasteiger partial charge is 0.505 e. The van der Waals surface area contributed by atoms with Crippen LogP contribution in [0.25, 0.3) is 21.8 Å². The van der Waals surface area contributed by atoms with Gasteiger partial charge < -0.3 is 58.1 Å². The van der Waals surface area contributed by atoms with Gasteiger partial charge >= 0.3 is 27.4 Å². The Hall–Kier alpha value is -6.44. The van der Waals surface area contributed by atoms with Gasteiger partial charge in [0.05, 0.1) is 36.5 Å². The number of carbonyl (C=O) groups excluding carboxylic acids is 4. The number of benzene rings is 4. The lowest BCUT2D eigenvalue weighted by molar-refractivity contribution is 0.0757. The zero-order valence-electron chi connectivity index (χ0n) is 46.4. The number of phenols is 2. The van der Waals surface area contributed by atoms with Crippen LogP contribution in [0.2, 0.25) is 19.6 Å². The van der Waals surface area contributed by atoms with Gasteiger partial charge in [0, 0.05) is 127 Å². The molecule has 0 radical (unpaired) electrons. The quantitative estimate of drug-likeness (QED) is 0.0450. The summed E-state index contributed by atoms with van der Waals surface area (Å²) in [7, 11) is -4.52. The Balaban J connectivity index is 0.000000221. The van der Waals surface area contributed by atoms with Crippen LogP contribution in [0.4, 0.5) is 18.4 Å². The Bertz CT molecular complexity index is 3460. The van der Waals surface area contributed by atoms with Crippen molar-refractivity contribution < 1.29 is 75.6 Å². The number of piperazine rings is 2.